The van der Waals surface area contributed by atoms with Crippen LogP contribution in [0.1, 0.15) is 6.42 Å². The number of halogens is 3. The molecule has 1 fully saturated rings. The van der Waals surface area contributed by atoms with Crippen LogP contribution < -0.4 is 10.1 Å². The highest BCUT2D eigenvalue weighted by Crippen LogP contribution is 2.38. The molecule has 1 saturated heterocycles. The highest BCUT2D eigenvalue weighted by Gasteiger charge is 2.45. The molecule has 1 atom stereocenters. The van der Waals surface area contributed by atoms with Crippen molar-refractivity contribution in [3.63, 3.8) is 0 Å². The van der Waals surface area contributed by atoms with Crippen LogP contribution in [0.3, 0.4) is 0 Å². The third-order valence-electron chi connectivity index (χ3n) is 5.25. The minimum atomic E-state index is -2.96. The smallest absolute Gasteiger partial charge is 0.296 e. The lowest BCUT2D eigenvalue weighted by Gasteiger charge is -2.36. The third kappa shape index (κ3) is 4.07. The maximum absolute atomic E-state index is 14.6. The Labute approximate surface area is 189 Å². The summed E-state index contributed by atoms with van der Waals surface area (Å²) in [6.07, 6.45) is 0.453. The van der Waals surface area contributed by atoms with Crippen molar-refractivity contribution in [3.8, 4) is 5.75 Å². The van der Waals surface area contributed by atoms with Gasteiger partial charge in [-0.05, 0) is 37.4 Å². The average Bonchev–Trinajstić information content (AvgIpc) is 3.17. The van der Waals surface area contributed by atoms with E-state index >= 15 is 0 Å². The number of aromatic nitrogens is 3. The van der Waals surface area contributed by atoms with E-state index < -0.39 is 12.0 Å². The molecular formula is C21H18BrF2N5OS. The van der Waals surface area contributed by atoms with Crippen LogP contribution in [0.4, 0.5) is 20.3 Å². The van der Waals surface area contributed by atoms with E-state index in [2.05, 4.69) is 36.2 Å². The molecule has 0 saturated carbocycles. The number of alkyl halides is 2. The van der Waals surface area contributed by atoms with Crippen LogP contribution in [-0.2, 0) is 0 Å². The van der Waals surface area contributed by atoms with Crippen molar-refractivity contribution in [2.24, 2.45) is 0 Å². The standard InChI is InChI=1S/C21H18BrF2N5OS/c1-29-5-4-18(21(23,24)9-29)30-16-7-12(22)6-15-19(16)20(26-10-25-15)28-13-2-3-14-17(8-13)31-11-27-14/h2-3,6-8,10-11,18H,4-5,9H2,1H3,(H,25,26,28). The Balaban J connectivity index is 1.55. The zero-order valence-corrected chi connectivity index (χ0v) is 18.9. The van der Waals surface area contributed by atoms with E-state index in [9.17, 15) is 8.78 Å². The predicted molar refractivity (Wildman–Crippen MR) is 122 cm³/mol. The topological polar surface area (TPSA) is 63.2 Å². The van der Waals surface area contributed by atoms with Gasteiger partial charge in [-0.1, -0.05) is 15.9 Å². The molecule has 1 aliphatic heterocycles. The van der Waals surface area contributed by atoms with Crippen molar-refractivity contribution < 1.29 is 13.5 Å². The van der Waals surface area contributed by atoms with E-state index in [4.69, 9.17) is 4.74 Å². The largest absolute Gasteiger partial charge is 0.483 e. The summed E-state index contributed by atoms with van der Waals surface area (Å²) < 4.78 is 36.9. The highest BCUT2D eigenvalue weighted by atomic mass is 79.9. The van der Waals surface area contributed by atoms with Crippen LogP contribution >= 0.6 is 27.3 Å². The summed E-state index contributed by atoms with van der Waals surface area (Å²) >= 11 is 4.98. The average molecular weight is 506 g/mol. The zero-order chi connectivity index (χ0) is 21.6. The van der Waals surface area contributed by atoms with Crippen molar-refractivity contribution in [1.29, 1.82) is 0 Å². The normalized spacial score (nSPS) is 19.0. The van der Waals surface area contributed by atoms with Crippen LogP contribution in [0.2, 0.25) is 0 Å². The van der Waals surface area contributed by atoms with Crippen molar-refractivity contribution in [1.82, 2.24) is 19.9 Å². The van der Waals surface area contributed by atoms with E-state index in [-0.39, 0.29) is 13.0 Å². The second kappa shape index (κ2) is 7.92. The van der Waals surface area contributed by atoms with Gasteiger partial charge in [0.25, 0.3) is 5.92 Å². The molecule has 1 aliphatic rings. The maximum atomic E-state index is 14.6. The van der Waals surface area contributed by atoms with E-state index in [0.717, 1.165) is 15.9 Å². The molecule has 2 aromatic carbocycles. The fourth-order valence-corrected chi connectivity index (χ4v) is 4.91. The van der Waals surface area contributed by atoms with E-state index in [1.54, 1.807) is 34.9 Å². The van der Waals surface area contributed by atoms with Gasteiger partial charge in [0.05, 0.1) is 33.2 Å². The zero-order valence-electron chi connectivity index (χ0n) is 16.5. The Morgan fingerprint density at radius 3 is 2.90 bits per heavy atom. The lowest BCUT2D eigenvalue weighted by Crippen LogP contribution is -2.52. The molecule has 0 radical (unpaired) electrons. The Hall–Kier alpha value is -2.43. The molecule has 1 N–H and O–H groups in total. The number of nitrogens with one attached hydrogen (secondary N) is 1. The first kappa shape index (κ1) is 20.5. The van der Waals surface area contributed by atoms with E-state index in [1.807, 2.05) is 24.3 Å². The molecule has 31 heavy (non-hydrogen) atoms. The Morgan fingerprint density at radius 2 is 2.06 bits per heavy atom. The Bertz CT molecular complexity index is 1270. The minimum Gasteiger partial charge on any atom is -0.483 e. The quantitative estimate of drug-likeness (QED) is 0.397. The van der Waals surface area contributed by atoms with E-state index in [1.165, 1.54) is 6.33 Å². The minimum absolute atomic E-state index is 0.232. The molecule has 2 aromatic heterocycles. The number of likely N-dealkylation sites (tertiary alicyclic amines) is 1. The molecule has 160 valence electrons. The number of nitrogens with zero attached hydrogens (tertiary/aromatic N) is 4. The first-order valence-electron chi connectivity index (χ1n) is 9.66. The first-order valence-corrected chi connectivity index (χ1v) is 11.3. The van der Waals surface area contributed by atoms with Gasteiger partial charge >= 0.3 is 0 Å². The molecule has 10 heteroatoms. The number of hydrogen-bond donors (Lipinski definition) is 1. The lowest BCUT2D eigenvalue weighted by atomic mass is 10.0. The first-order chi connectivity index (χ1) is 14.9. The fourth-order valence-electron chi connectivity index (χ4n) is 3.77. The summed E-state index contributed by atoms with van der Waals surface area (Å²) in [6, 6.07) is 9.31. The van der Waals surface area contributed by atoms with Crippen LogP contribution in [0.15, 0.2) is 46.6 Å². The highest BCUT2D eigenvalue weighted by molar-refractivity contribution is 9.10. The number of fused-ring (bicyclic) bond motifs is 2. The van der Waals surface area contributed by atoms with Gasteiger partial charge < -0.3 is 15.0 Å². The maximum Gasteiger partial charge on any atom is 0.296 e. The second-order valence-electron chi connectivity index (χ2n) is 7.57. The Morgan fingerprint density at radius 1 is 1.19 bits per heavy atom. The number of anilines is 2. The van der Waals surface area contributed by atoms with Gasteiger partial charge in [-0.15, -0.1) is 11.3 Å². The van der Waals surface area contributed by atoms with Crippen LogP contribution in [0.25, 0.3) is 21.1 Å². The van der Waals surface area contributed by atoms with Crippen LogP contribution in [0.5, 0.6) is 5.75 Å². The van der Waals surface area contributed by atoms with Crippen molar-refractivity contribution in [3.05, 3.63) is 46.6 Å². The number of rotatable bonds is 4. The number of hydrogen-bond acceptors (Lipinski definition) is 7. The van der Waals surface area contributed by atoms with Gasteiger partial charge in [-0.25, -0.2) is 23.7 Å². The number of piperidine rings is 1. The molecule has 5 rings (SSSR count). The third-order valence-corrected chi connectivity index (χ3v) is 6.50. The number of ether oxygens (including phenoxy) is 1. The van der Waals surface area contributed by atoms with Gasteiger partial charge in [-0.2, -0.15) is 0 Å². The molecule has 1 unspecified atom stereocenters. The van der Waals surface area contributed by atoms with Crippen LogP contribution in [0, 0.1) is 0 Å². The summed E-state index contributed by atoms with van der Waals surface area (Å²) in [4.78, 5) is 14.6. The van der Waals surface area contributed by atoms with Gasteiger partial charge in [0.2, 0.25) is 0 Å². The van der Waals surface area contributed by atoms with Gasteiger partial charge in [-0.3, -0.25) is 0 Å². The molecule has 3 heterocycles. The van der Waals surface area contributed by atoms with Gasteiger partial charge in [0, 0.05) is 23.1 Å². The molecule has 4 aromatic rings. The molecule has 0 spiro atoms. The SMILES string of the molecule is CN1CCC(Oc2cc(Br)cc3ncnc(Nc4ccc5ncsc5c4)c23)C(F)(F)C1. The molecular weight excluding hydrogens is 488 g/mol. The van der Waals surface area contributed by atoms with Crippen molar-refractivity contribution in [2.75, 3.05) is 25.5 Å². The summed E-state index contributed by atoms with van der Waals surface area (Å²) in [6.45, 7) is 0.211. The molecule has 0 bridgehead atoms. The summed E-state index contributed by atoms with van der Waals surface area (Å²) in [7, 11) is 1.69. The van der Waals surface area contributed by atoms with Gasteiger partial charge in [0.1, 0.15) is 17.9 Å². The second-order valence-corrected chi connectivity index (χ2v) is 9.38. The summed E-state index contributed by atoms with van der Waals surface area (Å²) in [5.74, 6) is -2.14. The van der Waals surface area contributed by atoms with Crippen molar-refractivity contribution >= 4 is 59.9 Å². The lowest BCUT2D eigenvalue weighted by molar-refractivity contribution is -0.134. The monoisotopic (exact) mass is 505 g/mol. The Kier molecular flexibility index (Phi) is 5.23. The molecule has 6 nitrogen and oxygen atoms in total. The molecule has 0 aliphatic carbocycles. The van der Waals surface area contributed by atoms with Crippen molar-refractivity contribution in [2.45, 2.75) is 18.4 Å². The van der Waals surface area contributed by atoms with E-state index in [0.29, 0.717) is 33.5 Å². The number of thiazole rings is 1. The number of benzene rings is 2. The fraction of sp³-hybridized carbons (Fsp3) is 0.286. The summed E-state index contributed by atoms with van der Waals surface area (Å²) in [5, 5.41) is 3.85. The van der Waals surface area contributed by atoms with Gasteiger partial charge in [0.15, 0.2) is 6.10 Å². The molecule has 0 amide bonds. The summed E-state index contributed by atoms with van der Waals surface area (Å²) in [5.41, 5.74) is 4.12. The predicted octanol–water partition coefficient (Wildman–Crippen LogP) is 5.46. The van der Waals surface area contributed by atoms with Crippen LogP contribution in [-0.4, -0.2) is 52.0 Å².